The van der Waals surface area contributed by atoms with Gasteiger partial charge in [-0.05, 0) is 79.8 Å². The van der Waals surface area contributed by atoms with Gasteiger partial charge in [0.1, 0.15) is 12.6 Å². The highest BCUT2D eigenvalue weighted by Gasteiger charge is 2.36. The van der Waals surface area contributed by atoms with E-state index in [1.807, 2.05) is 44.2 Å². The van der Waals surface area contributed by atoms with Gasteiger partial charge in [-0.1, -0.05) is 108 Å². The summed E-state index contributed by atoms with van der Waals surface area (Å²) in [6, 6.07) is 24.7. The second-order valence-electron chi connectivity index (χ2n) is 12.2. The van der Waals surface area contributed by atoms with Crippen molar-refractivity contribution in [3.05, 3.63) is 128 Å². The summed E-state index contributed by atoms with van der Waals surface area (Å²) >= 11 is 19.3. The molecule has 4 aromatic rings. The molecule has 11 heteroatoms. The van der Waals surface area contributed by atoms with E-state index >= 15 is 0 Å². The molecule has 0 bridgehead atoms. The van der Waals surface area contributed by atoms with Gasteiger partial charge in [0, 0.05) is 34.1 Å². The molecule has 0 aromatic heterocycles. The van der Waals surface area contributed by atoms with Crippen LogP contribution in [0.5, 0.6) is 0 Å². The first-order chi connectivity index (χ1) is 22.9. The molecule has 0 aliphatic heterocycles. The molecular formula is C37H38Cl3N3O4S. The van der Waals surface area contributed by atoms with Gasteiger partial charge in [0.25, 0.3) is 10.0 Å². The van der Waals surface area contributed by atoms with Crippen LogP contribution in [0, 0.1) is 13.8 Å². The highest BCUT2D eigenvalue weighted by atomic mass is 35.5. The van der Waals surface area contributed by atoms with E-state index in [0.29, 0.717) is 20.6 Å². The third-order valence-electron chi connectivity index (χ3n) is 8.66. The second-order valence-corrected chi connectivity index (χ2v) is 15.3. The lowest BCUT2D eigenvalue weighted by molar-refractivity contribution is -0.140. The normalized spacial score (nSPS) is 14.0. The average molecular weight is 727 g/mol. The minimum Gasteiger partial charge on any atom is -0.352 e. The van der Waals surface area contributed by atoms with Crippen LogP contribution in [0.3, 0.4) is 0 Å². The molecule has 7 nitrogen and oxygen atoms in total. The molecule has 48 heavy (non-hydrogen) atoms. The number of carbonyl (C=O) groups excluding carboxylic acids is 2. The number of sulfonamides is 1. The van der Waals surface area contributed by atoms with E-state index in [4.69, 9.17) is 34.8 Å². The number of nitrogens with zero attached hydrogens (tertiary/aromatic N) is 2. The van der Waals surface area contributed by atoms with E-state index in [1.54, 1.807) is 42.5 Å². The second kappa shape index (κ2) is 15.8. The summed E-state index contributed by atoms with van der Waals surface area (Å²) in [6.45, 7) is 3.02. The molecule has 1 aliphatic rings. The van der Waals surface area contributed by atoms with Crippen molar-refractivity contribution >= 4 is 62.3 Å². The third-order valence-corrected chi connectivity index (χ3v) is 11.4. The van der Waals surface area contributed by atoms with Crippen LogP contribution < -0.4 is 9.62 Å². The zero-order valence-electron chi connectivity index (χ0n) is 26.8. The Bertz CT molecular complexity index is 1860. The Morgan fingerprint density at radius 1 is 0.854 bits per heavy atom. The Balaban J connectivity index is 1.59. The first kappa shape index (κ1) is 35.7. The molecule has 0 saturated heterocycles. The van der Waals surface area contributed by atoms with Crippen LogP contribution >= 0.6 is 34.8 Å². The van der Waals surface area contributed by atoms with E-state index in [2.05, 4.69) is 5.32 Å². The Labute approximate surface area is 297 Å². The Hall–Kier alpha value is -3.56. The Morgan fingerprint density at radius 3 is 2.19 bits per heavy atom. The maximum atomic E-state index is 14.7. The van der Waals surface area contributed by atoms with Crippen LogP contribution in [-0.2, 0) is 32.6 Å². The summed E-state index contributed by atoms with van der Waals surface area (Å²) in [5.74, 6) is -0.897. The Kier molecular flexibility index (Phi) is 11.7. The minimum absolute atomic E-state index is 0.0000379. The van der Waals surface area contributed by atoms with E-state index in [-0.39, 0.29) is 35.5 Å². The van der Waals surface area contributed by atoms with Crippen molar-refractivity contribution in [3.8, 4) is 0 Å². The number of hydrogen-bond donors (Lipinski definition) is 1. The molecule has 252 valence electrons. The van der Waals surface area contributed by atoms with E-state index < -0.39 is 28.5 Å². The number of aryl methyl sites for hydroxylation is 2. The maximum absolute atomic E-state index is 14.7. The van der Waals surface area contributed by atoms with Gasteiger partial charge in [0.15, 0.2) is 0 Å². The average Bonchev–Trinajstić information content (AvgIpc) is 3.57. The molecule has 1 aliphatic carbocycles. The number of amides is 2. The first-order valence-electron chi connectivity index (χ1n) is 15.9. The zero-order valence-corrected chi connectivity index (χ0v) is 29.9. The van der Waals surface area contributed by atoms with Crippen LogP contribution in [-0.4, -0.2) is 43.8 Å². The predicted octanol–water partition coefficient (Wildman–Crippen LogP) is 8.16. The topological polar surface area (TPSA) is 86.8 Å². The summed E-state index contributed by atoms with van der Waals surface area (Å²) in [5, 5.41) is 4.27. The highest BCUT2D eigenvalue weighted by molar-refractivity contribution is 7.92. The van der Waals surface area contributed by atoms with Crippen LogP contribution in [0.1, 0.15) is 47.9 Å². The largest absolute Gasteiger partial charge is 0.352 e. The van der Waals surface area contributed by atoms with Crippen molar-refractivity contribution in [1.29, 1.82) is 0 Å². The van der Waals surface area contributed by atoms with Gasteiger partial charge in [-0.2, -0.15) is 0 Å². The van der Waals surface area contributed by atoms with Gasteiger partial charge < -0.3 is 10.2 Å². The van der Waals surface area contributed by atoms with E-state index in [1.165, 1.54) is 23.1 Å². The Morgan fingerprint density at radius 2 is 1.54 bits per heavy atom. The van der Waals surface area contributed by atoms with Crippen LogP contribution in [0.25, 0.3) is 0 Å². The van der Waals surface area contributed by atoms with Gasteiger partial charge in [0.05, 0.1) is 10.6 Å². The monoisotopic (exact) mass is 725 g/mol. The smallest absolute Gasteiger partial charge is 0.264 e. The summed E-state index contributed by atoms with van der Waals surface area (Å²) in [6.07, 6.45) is 3.96. The molecule has 2 amide bonds. The summed E-state index contributed by atoms with van der Waals surface area (Å²) in [5.41, 5.74) is 3.27. The van der Waals surface area contributed by atoms with Gasteiger partial charge in [-0.25, -0.2) is 8.42 Å². The first-order valence-corrected chi connectivity index (χ1v) is 18.4. The van der Waals surface area contributed by atoms with Crippen molar-refractivity contribution < 1.29 is 18.0 Å². The van der Waals surface area contributed by atoms with Crippen molar-refractivity contribution in [2.45, 2.75) is 69.5 Å². The lowest BCUT2D eigenvalue weighted by Gasteiger charge is -2.34. The molecule has 0 spiro atoms. The number of anilines is 1. The van der Waals surface area contributed by atoms with Crippen molar-refractivity contribution in [2.24, 2.45) is 0 Å². The molecule has 1 fully saturated rings. The summed E-state index contributed by atoms with van der Waals surface area (Å²) in [7, 11) is -4.26. The maximum Gasteiger partial charge on any atom is 0.264 e. The SMILES string of the molecule is Cc1ccc(S(=O)(=O)N(CC(=O)N(Cc2ccc(Cl)cc2Cl)C(Cc2ccccc2)C(=O)NC2CCCC2)c2ccc(C)c(Cl)c2)cc1. The molecule has 1 N–H and O–H groups in total. The quantitative estimate of drug-likeness (QED) is 0.160. The predicted molar refractivity (Wildman–Crippen MR) is 193 cm³/mol. The molecule has 5 rings (SSSR count). The van der Waals surface area contributed by atoms with Crippen LogP contribution in [0.4, 0.5) is 5.69 Å². The number of hydrogen-bond acceptors (Lipinski definition) is 4. The van der Waals surface area contributed by atoms with Gasteiger partial charge in [-0.15, -0.1) is 0 Å². The number of halogens is 3. The third kappa shape index (κ3) is 8.72. The molecule has 1 saturated carbocycles. The summed E-state index contributed by atoms with van der Waals surface area (Å²) < 4.78 is 29.6. The molecule has 4 aromatic carbocycles. The molecule has 1 atom stereocenters. The standard InChI is InChI=1S/C37H38Cl3N3O4S/c1-25-12-18-32(19-13-25)48(46,47)43(31-17-14-26(2)33(39)22-31)24-36(44)42(23-28-15-16-29(38)21-34(28)40)35(20-27-8-4-3-5-9-27)37(45)41-30-10-6-7-11-30/h3-5,8-9,12-19,21-22,30,35H,6-7,10-11,20,23-24H2,1-2H3,(H,41,45). The fourth-order valence-electron chi connectivity index (χ4n) is 5.86. The highest BCUT2D eigenvalue weighted by Crippen LogP contribution is 2.30. The number of benzene rings is 4. The molecular weight excluding hydrogens is 689 g/mol. The van der Waals surface area contributed by atoms with Gasteiger partial charge >= 0.3 is 0 Å². The van der Waals surface area contributed by atoms with Crippen molar-refractivity contribution in [1.82, 2.24) is 10.2 Å². The molecule has 0 heterocycles. The zero-order chi connectivity index (χ0) is 34.4. The van der Waals surface area contributed by atoms with Crippen LogP contribution in [0.15, 0.2) is 95.9 Å². The van der Waals surface area contributed by atoms with Crippen molar-refractivity contribution in [2.75, 3.05) is 10.8 Å². The lowest BCUT2D eigenvalue weighted by Crippen LogP contribution is -2.54. The fraction of sp³-hybridized carbons (Fsp3) is 0.297. The van der Waals surface area contributed by atoms with E-state index in [9.17, 15) is 18.0 Å². The molecule has 0 radical (unpaired) electrons. The number of rotatable bonds is 12. The molecule has 1 unspecified atom stereocenters. The van der Waals surface area contributed by atoms with Crippen LogP contribution in [0.2, 0.25) is 15.1 Å². The fourth-order valence-corrected chi connectivity index (χ4v) is 7.91. The van der Waals surface area contributed by atoms with E-state index in [0.717, 1.165) is 46.7 Å². The summed E-state index contributed by atoms with van der Waals surface area (Å²) in [4.78, 5) is 30.3. The van der Waals surface area contributed by atoms with Gasteiger partial charge in [-0.3, -0.25) is 13.9 Å². The van der Waals surface area contributed by atoms with Gasteiger partial charge in [0.2, 0.25) is 11.8 Å². The number of nitrogens with one attached hydrogen (secondary N) is 1. The lowest BCUT2D eigenvalue weighted by atomic mass is 10.0. The number of carbonyl (C=O) groups is 2. The van der Waals surface area contributed by atoms with Crippen molar-refractivity contribution in [3.63, 3.8) is 0 Å². The minimum atomic E-state index is -4.26.